The second-order valence-electron chi connectivity index (χ2n) is 4.57. The van der Waals surface area contributed by atoms with Gasteiger partial charge in [0.1, 0.15) is 5.01 Å². The van der Waals surface area contributed by atoms with E-state index < -0.39 is 0 Å². The van der Waals surface area contributed by atoms with Crippen molar-refractivity contribution in [3.05, 3.63) is 28.3 Å². The zero-order valence-corrected chi connectivity index (χ0v) is 12.4. The summed E-state index contributed by atoms with van der Waals surface area (Å²) in [6.07, 6.45) is 1.89. The van der Waals surface area contributed by atoms with Gasteiger partial charge in [0.25, 0.3) is 0 Å². The number of hydrogen-bond donors (Lipinski definition) is 1. The molecule has 0 aromatic carbocycles. The molecule has 1 atom stereocenters. The number of aryl methyl sites for hydroxylation is 1. The van der Waals surface area contributed by atoms with E-state index in [1.54, 1.807) is 17.5 Å². The fraction of sp³-hybridized carbons (Fsp3) is 0.462. The number of thiazole rings is 1. The summed E-state index contributed by atoms with van der Waals surface area (Å²) in [5.74, 6) is 1.16. The maximum absolute atomic E-state index is 5.60. The third-order valence-corrected chi connectivity index (χ3v) is 3.31. The molecule has 0 amide bonds. The molecule has 1 N–H and O–H groups in total. The Morgan fingerprint density at radius 1 is 1.26 bits per heavy atom. The third-order valence-electron chi connectivity index (χ3n) is 2.35. The highest BCUT2D eigenvalue weighted by atomic mass is 32.1. The van der Waals surface area contributed by atoms with Crippen LogP contribution in [-0.4, -0.2) is 21.1 Å². The van der Waals surface area contributed by atoms with Crippen molar-refractivity contribution < 1.29 is 4.74 Å². The van der Waals surface area contributed by atoms with Crippen LogP contribution in [0.4, 0.5) is 5.95 Å². The molecule has 0 aliphatic carbocycles. The minimum atomic E-state index is 0.0775. The van der Waals surface area contributed by atoms with E-state index in [1.807, 2.05) is 39.1 Å². The second-order valence-corrected chi connectivity index (χ2v) is 5.50. The SMILES string of the molecule is Cc1cc(OC(C)C)nc(NC(C)c2nccs2)n1. The van der Waals surface area contributed by atoms with Gasteiger partial charge in [0.2, 0.25) is 11.8 Å². The lowest BCUT2D eigenvalue weighted by atomic mass is 10.3. The van der Waals surface area contributed by atoms with Gasteiger partial charge in [-0.2, -0.15) is 4.98 Å². The Hall–Kier alpha value is -1.69. The van der Waals surface area contributed by atoms with Crippen molar-refractivity contribution in [1.29, 1.82) is 0 Å². The van der Waals surface area contributed by atoms with Gasteiger partial charge in [0, 0.05) is 23.3 Å². The average Bonchev–Trinajstić information content (AvgIpc) is 2.79. The van der Waals surface area contributed by atoms with Crippen LogP contribution in [0.2, 0.25) is 0 Å². The molecule has 19 heavy (non-hydrogen) atoms. The molecule has 1 unspecified atom stereocenters. The van der Waals surface area contributed by atoms with E-state index in [2.05, 4.69) is 20.3 Å². The second kappa shape index (κ2) is 5.97. The number of anilines is 1. The average molecular weight is 278 g/mol. The topological polar surface area (TPSA) is 59.9 Å². The number of nitrogens with one attached hydrogen (secondary N) is 1. The smallest absolute Gasteiger partial charge is 0.226 e. The monoisotopic (exact) mass is 278 g/mol. The van der Waals surface area contributed by atoms with Crippen LogP contribution in [0.1, 0.15) is 37.5 Å². The van der Waals surface area contributed by atoms with Gasteiger partial charge in [0.05, 0.1) is 12.1 Å². The van der Waals surface area contributed by atoms with E-state index in [0.717, 1.165) is 10.7 Å². The fourth-order valence-electron chi connectivity index (χ4n) is 1.61. The summed E-state index contributed by atoms with van der Waals surface area (Å²) in [6.45, 7) is 7.91. The van der Waals surface area contributed by atoms with E-state index in [-0.39, 0.29) is 12.1 Å². The van der Waals surface area contributed by atoms with Crippen molar-refractivity contribution in [2.75, 3.05) is 5.32 Å². The third kappa shape index (κ3) is 3.89. The molecule has 2 aromatic rings. The number of aromatic nitrogens is 3. The zero-order chi connectivity index (χ0) is 13.8. The summed E-state index contributed by atoms with van der Waals surface area (Å²) >= 11 is 1.61. The molecule has 2 aromatic heterocycles. The molecule has 102 valence electrons. The lowest BCUT2D eigenvalue weighted by molar-refractivity contribution is 0.232. The van der Waals surface area contributed by atoms with E-state index in [9.17, 15) is 0 Å². The largest absolute Gasteiger partial charge is 0.475 e. The highest BCUT2D eigenvalue weighted by molar-refractivity contribution is 7.09. The lowest BCUT2D eigenvalue weighted by Gasteiger charge is -2.14. The fourth-order valence-corrected chi connectivity index (χ4v) is 2.26. The Morgan fingerprint density at radius 3 is 2.68 bits per heavy atom. The molecule has 0 spiro atoms. The van der Waals surface area contributed by atoms with Crippen molar-refractivity contribution >= 4 is 17.3 Å². The minimum Gasteiger partial charge on any atom is -0.475 e. The highest BCUT2D eigenvalue weighted by Crippen LogP contribution is 2.20. The molecule has 0 fully saturated rings. The first-order valence-corrected chi connectivity index (χ1v) is 7.11. The van der Waals surface area contributed by atoms with Crippen LogP contribution in [0.15, 0.2) is 17.6 Å². The predicted molar refractivity (Wildman–Crippen MR) is 76.7 cm³/mol. The van der Waals surface area contributed by atoms with Gasteiger partial charge in [-0.25, -0.2) is 9.97 Å². The van der Waals surface area contributed by atoms with E-state index in [1.165, 1.54) is 0 Å². The van der Waals surface area contributed by atoms with Gasteiger partial charge in [-0.1, -0.05) is 0 Å². The molecule has 5 nitrogen and oxygen atoms in total. The first-order valence-electron chi connectivity index (χ1n) is 6.23. The van der Waals surface area contributed by atoms with E-state index in [4.69, 9.17) is 4.74 Å². The summed E-state index contributed by atoms with van der Waals surface area (Å²) < 4.78 is 5.60. The van der Waals surface area contributed by atoms with Gasteiger partial charge in [-0.3, -0.25) is 0 Å². The normalized spacial score (nSPS) is 12.5. The van der Waals surface area contributed by atoms with Crippen molar-refractivity contribution in [2.45, 2.75) is 39.8 Å². The first-order chi connectivity index (χ1) is 9.04. The maximum atomic E-state index is 5.60. The number of rotatable bonds is 5. The standard InChI is InChI=1S/C13H18N4OS/c1-8(2)18-11-7-9(3)15-13(17-11)16-10(4)12-14-5-6-19-12/h5-8,10H,1-4H3,(H,15,16,17). The summed E-state index contributed by atoms with van der Waals surface area (Å²) in [5, 5.41) is 6.21. The van der Waals surface area contributed by atoms with Gasteiger partial charge < -0.3 is 10.1 Å². The molecule has 2 rings (SSSR count). The minimum absolute atomic E-state index is 0.0775. The van der Waals surface area contributed by atoms with Gasteiger partial charge in [0.15, 0.2) is 0 Å². The lowest BCUT2D eigenvalue weighted by Crippen LogP contribution is -2.12. The summed E-state index contributed by atoms with van der Waals surface area (Å²) in [7, 11) is 0. The zero-order valence-electron chi connectivity index (χ0n) is 11.5. The van der Waals surface area contributed by atoms with Crippen LogP contribution in [-0.2, 0) is 0 Å². The van der Waals surface area contributed by atoms with Gasteiger partial charge in [-0.05, 0) is 27.7 Å². The Balaban J connectivity index is 2.13. The molecular weight excluding hydrogens is 260 g/mol. The van der Waals surface area contributed by atoms with Crippen LogP contribution in [0.5, 0.6) is 5.88 Å². The number of nitrogens with zero attached hydrogens (tertiary/aromatic N) is 3. The van der Waals surface area contributed by atoms with E-state index >= 15 is 0 Å². The molecule has 0 bridgehead atoms. The van der Waals surface area contributed by atoms with Crippen LogP contribution in [0, 0.1) is 6.92 Å². The van der Waals surface area contributed by atoms with Crippen LogP contribution >= 0.6 is 11.3 Å². The molecule has 0 saturated heterocycles. The van der Waals surface area contributed by atoms with Crippen LogP contribution < -0.4 is 10.1 Å². The Morgan fingerprint density at radius 2 is 2.05 bits per heavy atom. The van der Waals surface area contributed by atoms with Gasteiger partial charge >= 0.3 is 0 Å². The first kappa shape index (κ1) is 13.7. The van der Waals surface area contributed by atoms with Crippen molar-refractivity contribution in [2.24, 2.45) is 0 Å². The van der Waals surface area contributed by atoms with Gasteiger partial charge in [-0.15, -0.1) is 11.3 Å². The van der Waals surface area contributed by atoms with Crippen molar-refractivity contribution in [3.8, 4) is 5.88 Å². The molecule has 0 aliphatic heterocycles. The van der Waals surface area contributed by atoms with Crippen molar-refractivity contribution in [3.63, 3.8) is 0 Å². The molecular formula is C13H18N4OS. The van der Waals surface area contributed by atoms with Crippen LogP contribution in [0.25, 0.3) is 0 Å². The van der Waals surface area contributed by atoms with Crippen molar-refractivity contribution in [1.82, 2.24) is 15.0 Å². The molecule has 2 heterocycles. The summed E-state index contributed by atoms with van der Waals surface area (Å²) in [6, 6.07) is 1.91. The summed E-state index contributed by atoms with van der Waals surface area (Å²) in [4.78, 5) is 13.0. The highest BCUT2D eigenvalue weighted by Gasteiger charge is 2.11. The predicted octanol–water partition coefficient (Wildman–Crippen LogP) is 3.20. The molecule has 0 aliphatic rings. The van der Waals surface area contributed by atoms with E-state index in [0.29, 0.717) is 11.8 Å². The number of ether oxygens (including phenoxy) is 1. The Labute approximate surface area is 117 Å². The molecule has 0 radical (unpaired) electrons. The van der Waals surface area contributed by atoms with Crippen LogP contribution in [0.3, 0.4) is 0 Å². The maximum Gasteiger partial charge on any atom is 0.226 e. The summed E-state index contributed by atoms with van der Waals surface area (Å²) in [5.41, 5.74) is 0.875. The quantitative estimate of drug-likeness (QED) is 0.910. The number of hydrogen-bond acceptors (Lipinski definition) is 6. The Kier molecular flexibility index (Phi) is 4.31. The molecule has 0 saturated carbocycles. The molecule has 6 heteroatoms. The Bertz CT molecular complexity index is 527.